The number of likely N-dealkylation sites (tertiary alicyclic amines) is 1. The van der Waals surface area contributed by atoms with Crippen LogP contribution in [0.4, 0.5) is 0 Å². The van der Waals surface area contributed by atoms with Crippen molar-refractivity contribution in [3.05, 3.63) is 40.1 Å². The summed E-state index contributed by atoms with van der Waals surface area (Å²) >= 11 is 1.88. The lowest BCUT2D eigenvalue weighted by Gasteiger charge is -2.43. The van der Waals surface area contributed by atoms with E-state index in [9.17, 15) is 0 Å². The Morgan fingerprint density at radius 2 is 2.30 bits per heavy atom. The molecule has 0 bridgehead atoms. The van der Waals surface area contributed by atoms with Gasteiger partial charge in [0.15, 0.2) is 0 Å². The highest BCUT2D eigenvalue weighted by atomic mass is 32.1. The molecule has 0 unspecified atom stereocenters. The summed E-state index contributed by atoms with van der Waals surface area (Å²) in [6, 6.07) is 2.28. The molecule has 2 aromatic heterocycles. The third-order valence-electron chi connectivity index (χ3n) is 4.52. The lowest BCUT2D eigenvalue weighted by molar-refractivity contribution is -0.0961. The standard InChI is InChI=1S/C15H19N3OS/c1-7-19-15(14-12(1)2-8-20-14)3-5-18(6-4-15)10-13-9-16-11-17-13/h2,8-9,11H,1,3-7,10H2,(H,16,17). The second-order valence-corrected chi connectivity index (χ2v) is 6.64. The van der Waals surface area contributed by atoms with Gasteiger partial charge in [-0.15, -0.1) is 11.3 Å². The van der Waals surface area contributed by atoms with Crippen molar-refractivity contribution in [1.29, 1.82) is 0 Å². The van der Waals surface area contributed by atoms with E-state index in [1.54, 1.807) is 6.33 Å². The van der Waals surface area contributed by atoms with Crippen molar-refractivity contribution in [2.45, 2.75) is 31.4 Å². The van der Waals surface area contributed by atoms with Gasteiger partial charge in [-0.1, -0.05) is 0 Å². The highest BCUT2D eigenvalue weighted by molar-refractivity contribution is 7.10. The lowest BCUT2D eigenvalue weighted by atomic mass is 9.85. The van der Waals surface area contributed by atoms with E-state index in [-0.39, 0.29) is 5.60 Å². The Labute approximate surface area is 122 Å². The van der Waals surface area contributed by atoms with Crippen LogP contribution in [0.2, 0.25) is 0 Å². The van der Waals surface area contributed by atoms with Gasteiger partial charge in [0.25, 0.3) is 0 Å². The molecule has 20 heavy (non-hydrogen) atoms. The molecule has 0 amide bonds. The molecule has 2 aliphatic heterocycles. The van der Waals surface area contributed by atoms with Gasteiger partial charge >= 0.3 is 0 Å². The summed E-state index contributed by atoms with van der Waals surface area (Å²) in [5.74, 6) is 0. The van der Waals surface area contributed by atoms with Gasteiger partial charge in [0, 0.05) is 36.4 Å². The molecule has 0 radical (unpaired) electrons. The number of aromatic amines is 1. The molecule has 2 aliphatic rings. The summed E-state index contributed by atoms with van der Waals surface area (Å²) in [7, 11) is 0. The topological polar surface area (TPSA) is 41.2 Å². The fraction of sp³-hybridized carbons (Fsp3) is 0.533. The molecule has 4 nitrogen and oxygen atoms in total. The highest BCUT2D eigenvalue weighted by Gasteiger charge is 2.41. The van der Waals surface area contributed by atoms with E-state index in [0.29, 0.717) is 0 Å². The van der Waals surface area contributed by atoms with Gasteiger partial charge in [-0.25, -0.2) is 4.98 Å². The number of thiophene rings is 1. The SMILES string of the molecule is c1ncc(CN2CCC3(CC2)OCCc2ccsc23)[nH]1. The quantitative estimate of drug-likeness (QED) is 0.923. The minimum atomic E-state index is 0.00619. The van der Waals surface area contributed by atoms with Crippen LogP contribution < -0.4 is 0 Å². The maximum absolute atomic E-state index is 6.24. The average molecular weight is 289 g/mol. The monoisotopic (exact) mass is 289 g/mol. The second-order valence-electron chi connectivity index (χ2n) is 5.72. The Morgan fingerprint density at radius 3 is 3.10 bits per heavy atom. The smallest absolute Gasteiger partial charge is 0.105 e. The van der Waals surface area contributed by atoms with Crippen LogP contribution in [0, 0.1) is 0 Å². The van der Waals surface area contributed by atoms with E-state index in [4.69, 9.17) is 4.74 Å². The fourth-order valence-electron chi connectivity index (χ4n) is 3.41. The molecule has 5 heteroatoms. The molecule has 0 aliphatic carbocycles. The zero-order valence-corrected chi connectivity index (χ0v) is 12.3. The summed E-state index contributed by atoms with van der Waals surface area (Å²) in [6.45, 7) is 4.03. The van der Waals surface area contributed by atoms with Crippen molar-refractivity contribution in [3.8, 4) is 0 Å². The zero-order valence-electron chi connectivity index (χ0n) is 11.5. The predicted molar refractivity (Wildman–Crippen MR) is 78.8 cm³/mol. The Kier molecular flexibility index (Phi) is 3.13. The first-order valence-corrected chi connectivity index (χ1v) is 8.14. The van der Waals surface area contributed by atoms with Crippen LogP contribution in [-0.4, -0.2) is 34.6 Å². The zero-order chi connectivity index (χ0) is 13.4. The highest BCUT2D eigenvalue weighted by Crippen LogP contribution is 2.44. The van der Waals surface area contributed by atoms with Crippen molar-refractivity contribution < 1.29 is 4.74 Å². The molecule has 0 aromatic carbocycles. The van der Waals surface area contributed by atoms with Gasteiger partial charge in [-0.05, 0) is 36.3 Å². The number of nitrogens with zero attached hydrogens (tertiary/aromatic N) is 2. The molecule has 1 saturated heterocycles. The van der Waals surface area contributed by atoms with E-state index < -0.39 is 0 Å². The molecule has 2 aromatic rings. The molecular weight excluding hydrogens is 270 g/mol. The number of rotatable bonds is 2. The van der Waals surface area contributed by atoms with Crippen molar-refractivity contribution in [1.82, 2.24) is 14.9 Å². The third-order valence-corrected chi connectivity index (χ3v) is 5.66. The average Bonchev–Trinajstić information content (AvgIpc) is 3.13. The number of hydrogen-bond donors (Lipinski definition) is 1. The maximum Gasteiger partial charge on any atom is 0.105 e. The Hall–Kier alpha value is -1.17. The van der Waals surface area contributed by atoms with Crippen LogP contribution in [0.15, 0.2) is 24.0 Å². The number of ether oxygens (including phenoxy) is 1. The Bertz CT molecular complexity index is 570. The van der Waals surface area contributed by atoms with Crippen molar-refractivity contribution in [2.75, 3.05) is 19.7 Å². The molecule has 4 rings (SSSR count). The van der Waals surface area contributed by atoms with Crippen molar-refractivity contribution >= 4 is 11.3 Å². The van der Waals surface area contributed by atoms with Gasteiger partial charge in [-0.3, -0.25) is 4.90 Å². The second kappa shape index (κ2) is 4.98. The van der Waals surface area contributed by atoms with Crippen LogP contribution in [0.1, 0.15) is 29.0 Å². The van der Waals surface area contributed by atoms with Gasteiger partial charge in [0.05, 0.1) is 12.9 Å². The Morgan fingerprint density at radius 1 is 1.40 bits per heavy atom. The van der Waals surface area contributed by atoms with E-state index in [1.165, 1.54) is 16.1 Å². The largest absolute Gasteiger partial charge is 0.369 e. The van der Waals surface area contributed by atoms with E-state index in [1.807, 2.05) is 17.5 Å². The summed E-state index contributed by atoms with van der Waals surface area (Å²) in [4.78, 5) is 11.3. The van der Waals surface area contributed by atoms with Gasteiger partial charge < -0.3 is 9.72 Å². The first-order chi connectivity index (χ1) is 9.86. The summed E-state index contributed by atoms with van der Waals surface area (Å²) in [5, 5.41) is 2.22. The van der Waals surface area contributed by atoms with Gasteiger partial charge in [-0.2, -0.15) is 0 Å². The minimum Gasteiger partial charge on any atom is -0.369 e. The summed E-state index contributed by atoms with van der Waals surface area (Å²) in [5.41, 5.74) is 2.72. The first-order valence-electron chi connectivity index (χ1n) is 7.26. The number of piperidine rings is 1. The molecule has 106 valence electrons. The third kappa shape index (κ3) is 2.10. The van der Waals surface area contributed by atoms with E-state index >= 15 is 0 Å². The molecule has 0 atom stereocenters. The molecular formula is C15H19N3OS. The van der Waals surface area contributed by atoms with Gasteiger partial charge in [0.2, 0.25) is 0 Å². The lowest BCUT2D eigenvalue weighted by Crippen LogP contribution is -2.45. The van der Waals surface area contributed by atoms with Crippen LogP contribution in [0.3, 0.4) is 0 Å². The number of hydrogen-bond acceptors (Lipinski definition) is 4. The predicted octanol–water partition coefficient (Wildman–Crippen LogP) is 2.54. The first kappa shape index (κ1) is 12.6. The normalized spacial score (nSPS) is 22.0. The van der Waals surface area contributed by atoms with E-state index in [2.05, 4.69) is 26.3 Å². The maximum atomic E-state index is 6.24. The number of imidazole rings is 1. The van der Waals surface area contributed by atoms with Crippen LogP contribution in [-0.2, 0) is 23.3 Å². The van der Waals surface area contributed by atoms with Gasteiger partial charge in [0.1, 0.15) is 5.60 Å². The van der Waals surface area contributed by atoms with Crippen LogP contribution in [0.5, 0.6) is 0 Å². The molecule has 0 saturated carbocycles. The molecule has 1 spiro atoms. The van der Waals surface area contributed by atoms with E-state index in [0.717, 1.165) is 45.5 Å². The molecule has 4 heterocycles. The summed E-state index contributed by atoms with van der Waals surface area (Å²) < 4.78 is 6.24. The van der Waals surface area contributed by atoms with Crippen molar-refractivity contribution in [3.63, 3.8) is 0 Å². The molecule has 1 N–H and O–H groups in total. The molecule has 1 fully saturated rings. The van der Waals surface area contributed by atoms with Crippen molar-refractivity contribution in [2.24, 2.45) is 0 Å². The minimum absolute atomic E-state index is 0.00619. The number of nitrogens with one attached hydrogen (secondary N) is 1. The van der Waals surface area contributed by atoms with Crippen LogP contribution in [0.25, 0.3) is 0 Å². The fourth-order valence-corrected chi connectivity index (χ4v) is 4.58. The number of aromatic nitrogens is 2. The number of fused-ring (bicyclic) bond motifs is 2. The summed E-state index contributed by atoms with van der Waals surface area (Å²) in [6.07, 6.45) is 6.96. The number of H-pyrrole nitrogens is 1. The van der Waals surface area contributed by atoms with Crippen LogP contribution >= 0.6 is 11.3 Å². The Balaban J connectivity index is 1.47.